The third-order valence-corrected chi connectivity index (χ3v) is 2.29. The van der Waals surface area contributed by atoms with Crippen molar-refractivity contribution in [1.29, 1.82) is 5.26 Å². The Morgan fingerprint density at radius 3 is 3.14 bits per heavy atom. The van der Waals surface area contributed by atoms with Crippen LogP contribution in [-0.2, 0) is 9.53 Å². The van der Waals surface area contributed by atoms with E-state index in [0.717, 1.165) is 6.54 Å². The SMILES string of the molecule is N#CCC1COCCN1CCC(=O)O. The Balaban J connectivity index is 2.38. The highest BCUT2D eigenvalue weighted by molar-refractivity contribution is 5.66. The van der Waals surface area contributed by atoms with Crippen LogP contribution in [-0.4, -0.2) is 48.3 Å². The molecule has 1 aliphatic heterocycles. The van der Waals surface area contributed by atoms with Gasteiger partial charge in [-0.1, -0.05) is 0 Å². The molecule has 1 atom stereocenters. The van der Waals surface area contributed by atoms with Gasteiger partial charge in [0.15, 0.2) is 0 Å². The molecule has 14 heavy (non-hydrogen) atoms. The second kappa shape index (κ2) is 5.58. The lowest BCUT2D eigenvalue weighted by Crippen LogP contribution is -2.45. The molecule has 0 aromatic carbocycles. The minimum atomic E-state index is -0.799. The minimum absolute atomic E-state index is 0.0631. The molecule has 1 rings (SSSR count). The van der Waals surface area contributed by atoms with Gasteiger partial charge in [0.25, 0.3) is 0 Å². The number of ether oxygens (including phenoxy) is 1. The van der Waals surface area contributed by atoms with Crippen molar-refractivity contribution >= 4 is 5.97 Å². The van der Waals surface area contributed by atoms with Crippen LogP contribution in [0.25, 0.3) is 0 Å². The zero-order valence-electron chi connectivity index (χ0n) is 7.98. The lowest BCUT2D eigenvalue weighted by molar-refractivity contribution is -0.137. The predicted octanol–water partition coefficient (Wildman–Crippen LogP) is 0.0756. The molecule has 5 heteroatoms. The lowest BCUT2D eigenvalue weighted by Gasteiger charge is -2.33. The third-order valence-electron chi connectivity index (χ3n) is 2.29. The molecule has 0 aromatic rings. The smallest absolute Gasteiger partial charge is 0.304 e. The fourth-order valence-corrected chi connectivity index (χ4v) is 1.52. The Hall–Kier alpha value is -1.12. The third kappa shape index (κ3) is 3.32. The van der Waals surface area contributed by atoms with E-state index >= 15 is 0 Å². The predicted molar refractivity (Wildman–Crippen MR) is 48.7 cm³/mol. The van der Waals surface area contributed by atoms with E-state index in [1.807, 2.05) is 4.90 Å². The number of carboxylic acids is 1. The molecule has 0 radical (unpaired) electrons. The van der Waals surface area contributed by atoms with Gasteiger partial charge in [0.05, 0.1) is 32.1 Å². The van der Waals surface area contributed by atoms with E-state index in [-0.39, 0.29) is 12.5 Å². The van der Waals surface area contributed by atoms with Crippen LogP contribution in [0.1, 0.15) is 12.8 Å². The molecule has 0 bridgehead atoms. The van der Waals surface area contributed by atoms with E-state index in [1.54, 1.807) is 0 Å². The Bertz CT molecular complexity index is 237. The highest BCUT2D eigenvalue weighted by Gasteiger charge is 2.22. The highest BCUT2D eigenvalue weighted by atomic mass is 16.5. The van der Waals surface area contributed by atoms with Crippen LogP contribution < -0.4 is 0 Å². The van der Waals surface area contributed by atoms with Crippen molar-refractivity contribution in [2.45, 2.75) is 18.9 Å². The summed E-state index contributed by atoms with van der Waals surface area (Å²) in [4.78, 5) is 12.4. The maximum atomic E-state index is 10.4. The molecule has 1 N–H and O–H groups in total. The van der Waals surface area contributed by atoms with Gasteiger partial charge in [-0.3, -0.25) is 9.69 Å². The lowest BCUT2D eigenvalue weighted by atomic mass is 10.1. The number of hydrogen-bond donors (Lipinski definition) is 1. The van der Waals surface area contributed by atoms with Crippen LogP contribution in [0.4, 0.5) is 0 Å². The van der Waals surface area contributed by atoms with Crippen LogP contribution in [0.2, 0.25) is 0 Å². The standard InChI is InChI=1S/C9H14N2O3/c10-3-1-8-7-14-6-5-11(8)4-2-9(12)13/h8H,1-2,4-7H2,(H,12,13). The van der Waals surface area contributed by atoms with Crippen molar-refractivity contribution in [3.05, 3.63) is 0 Å². The van der Waals surface area contributed by atoms with E-state index in [9.17, 15) is 4.79 Å². The van der Waals surface area contributed by atoms with Crippen LogP contribution in [0, 0.1) is 11.3 Å². The second-order valence-corrected chi connectivity index (χ2v) is 3.27. The van der Waals surface area contributed by atoms with E-state index in [2.05, 4.69) is 6.07 Å². The van der Waals surface area contributed by atoms with Crippen LogP contribution in [0.15, 0.2) is 0 Å². The summed E-state index contributed by atoms with van der Waals surface area (Å²) < 4.78 is 5.23. The van der Waals surface area contributed by atoms with Crippen LogP contribution in [0.3, 0.4) is 0 Å². The molecule has 0 aliphatic carbocycles. The van der Waals surface area contributed by atoms with Gasteiger partial charge in [-0.25, -0.2) is 0 Å². The first-order valence-electron chi connectivity index (χ1n) is 4.64. The van der Waals surface area contributed by atoms with E-state index in [4.69, 9.17) is 15.1 Å². The molecule has 1 saturated heterocycles. The molecule has 5 nitrogen and oxygen atoms in total. The maximum absolute atomic E-state index is 10.4. The van der Waals surface area contributed by atoms with E-state index in [1.165, 1.54) is 0 Å². The largest absolute Gasteiger partial charge is 0.481 e. The molecule has 1 unspecified atom stereocenters. The number of morpholine rings is 1. The average Bonchev–Trinajstić information content (AvgIpc) is 2.17. The quantitative estimate of drug-likeness (QED) is 0.692. The second-order valence-electron chi connectivity index (χ2n) is 3.27. The molecular weight excluding hydrogens is 184 g/mol. The van der Waals surface area contributed by atoms with Gasteiger partial charge in [-0.2, -0.15) is 5.26 Å². The monoisotopic (exact) mass is 198 g/mol. The van der Waals surface area contributed by atoms with Gasteiger partial charge in [0, 0.05) is 19.1 Å². The van der Waals surface area contributed by atoms with Gasteiger partial charge < -0.3 is 9.84 Å². The Labute approximate surface area is 82.9 Å². The van der Waals surface area contributed by atoms with E-state index in [0.29, 0.717) is 26.2 Å². The summed E-state index contributed by atoms with van der Waals surface area (Å²) in [5.74, 6) is -0.799. The van der Waals surface area contributed by atoms with Crippen molar-refractivity contribution < 1.29 is 14.6 Å². The summed E-state index contributed by atoms with van der Waals surface area (Å²) in [7, 11) is 0. The highest BCUT2D eigenvalue weighted by Crippen LogP contribution is 2.10. The van der Waals surface area contributed by atoms with Crippen molar-refractivity contribution in [2.75, 3.05) is 26.3 Å². The summed E-state index contributed by atoms with van der Waals surface area (Å²) in [5, 5.41) is 17.1. The molecule has 1 heterocycles. The minimum Gasteiger partial charge on any atom is -0.481 e. The summed E-state index contributed by atoms with van der Waals surface area (Å²) in [6.45, 7) is 2.39. The summed E-state index contributed by atoms with van der Waals surface area (Å²) in [6, 6.07) is 2.15. The summed E-state index contributed by atoms with van der Waals surface area (Å²) in [6.07, 6.45) is 0.529. The number of nitrogens with zero attached hydrogens (tertiary/aromatic N) is 2. The van der Waals surface area contributed by atoms with Crippen molar-refractivity contribution in [3.63, 3.8) is 0 Å². The number of rotatable bonds is 4. The number of aliphatic carboxylic acids is 1. The normalized spacial score (nSPS) is 22.9. The van der Waals surface area contributed by atoms with Crippen LogP contribution in [0.5, 0.6) is 0 Å². The van der Waals surface area contributed by atoms with Crippen molar-refractivity contribution in [1.82, 2.24) is 4.90 Å². The van der Waals surface area contributed by atoms with Crippen molar-refractivity contribution in [3.8, 4) is 6.07 Å². The van der Waals surface area contributed by atoms with Crippen LogP contribution >= 0.6 is 0 Å². The summed E-state index contributed by atoms with van der Waals surface area (Å²) in [5.41, 5.74) is 0. The first kappa shape index (κ1) is 11.0. The topological polar surface area (TPSA) is 73.6 Å². The van der Waals surface area contributed by atoms with Gasteiger partial charge in [0.1, 0.15) is 0 Å². The van der Waals surface area contributed by atoms with Gasteiger partial charge in [-0.05, 0) is 0 Å². The van der Waals surface area contributed by atoms with E-state index < -0.39 is 5.97 Å². The number of hydrogen-bond acceptors (Lipinski definition) is 4. The Morgan fingerprint density at radius 1 is 1.71 bits per heavy atom. The molecule has 0 saturated carbocycles. The fraction of sp³-hybridized carbons (Fsp3) is 0.778. The van der Waals surface area contributed by atoms with Gasteiger partial charge in [0.2, 0.25) is 0 Å². The molecule has 1 aliphatic rings. The molecule has 0 spiro atoms. The zero-order valence-corrected chi connectivity index (χ0v) is 7.98. The molecular formula is C9H14N2O3. The summed E-state index contributed by atoms with van der Waals surface area (Å²) >= 11 is 0. The molecule has 1 fully saturated rings. The number of carbonyl (C=O) groups is 1. The van der Waals surface area contributed by atoms with Crippen molar-refractivity contribution in [2.24, 2.45) is 0 Å². The Morgan fingerprint density at radius 2 is 2.50 bits per heavy atom. The zero-order chi connectivity index (χ0) is 10.4. The van der Waals surface area contributed by atoms with Gasteiger partial charge >= 0.3 is 5.97 Å². The van der Waals surface area contributed by atoms with Gasteiger partial charge in [-0.15, -0.1) is 0 Å². The number of carboxylic acid groups (broad SMARTS) is 1. The maximum Gasteiger partial charge on any atom is 0.304 e. The average molecular weight is 198 g/mol. The Kier molecular flexibility index (Phi) is 4.36. The number of nitriles is 1. The first-order valence-corrected chi connectivity index (χ1v) is 4.64. The first-order chi connectivity index (χ1) is 6.74. The fourth-order valence-electron chi connectivity index (χ4n) is 1.52. The molecule has 0 aromatic heterocycles. The molecule has 78 valence electrons. The molecule has 0 amide bonds.